The number of hydrogen-bond donors (Lipinski definition) is 2. The first-order chi connectivity index (χ1) is 10.5. The molecule has 1 aliphatic heterocycles. The van der Waals surface area contributed by atoms with Crippen LogP contribution in [0.1, 0.15) is 27.7 Å². The quantitative estimate of drug-likeness (QED) is 0.337. The fourth-order valence-electron chi connectivity index (χ4n) is 2.31. The van der Waals surface area contributed by atoms with Gasteiger partial charge in [-0.25, -0.2) is 0 Å². The number of likely N-dealkylation sites (N-methyl/N-ethyl adjacent to an activating group) is 1. The molecule has 0 spiro atoms. The Bertz CT molecular complexity index is 322. The third-order valence-corrected chi connectivity index (χ3v) is 4.17. The summed E-state index contributed by atoms with van der Waals surface area (Å²) < 4.78 is 5.40. The van der Waals surface area contributed by atoms with Crippen molar-refractivity contribution in [3.05, 3.63) is 0 Å². The van der Waals surface area contributed by atoms with E-state index in [-0.39, 0.29) is 24.0 Å². The Labute approximate surface area is 159 Å². The molecular weight excluding hydrogens is 405 g/mol. The Balaban J connectivity index is 0.00000484. The molecule has 1 aliphatic rings. The summed E-state index contributed by atoms with van der Waals surface area (Å²) in [6, 6.07) is 1.03. The normalized spacial score (nSPS) is 18.0. The summed E-state index contributed by atoms with van der Waals surface area (Å²) in [5, 5.41) is 6.74. The van der Waals surface area contributed by atoms with Gasteiger partial charge >= 0.3 is 0 Å². The molecule has 1 rings (SSSR count). The maximum atomic E-state index is 5.40. The highest BCUT2D eigenvalue weighted by Crippen LogP contribution is 2.03. The Morgan fingerprint density at radius 1 is 1.22 bits per heavy atom. The monoisotopic (exact) mass is 441 g/mol. The van der Waals surface area contributed by atoms with Crippen LogP contribution in [0, 0.1) is 0 Å². The minimum absolute atomic E-state index is 0. The molecule has 0 aliphatic carbocycles. The summed E-state index contributed by atoms with van der Waals surface area (Å²) in [6.07, 6.45) is 0. The highest BCUT2D eigenvalue weighted by Gasteiger charge is 2.16. The second-order valence-corrected chi connectivity index (χ2v) is 6.22. The lowest BCUT2D eigenvalue weighted by Crippen LogP contribution is -2.45. The van der Waals surface area contributed by atoms with Crippen LogP contribution in [0.15, 0.2) is 4.99 Å². The molecule has 1 fully saturated rings. The summed E-state index contributed by atoms with van der Waals surface area (Å²) in [5.74, 6) is 0.916. The number of ether oxygens (including phenoxy) is 1. The minimum Gasteiger partial charge on any atom is -0.379 e. The molecule has 2 N–H and O–H groups in total. The molecule has 138 valence electrons. The Morgan fingerprint density at radius 2 is 1.87 bits per heavy atom. The zero-order valence-corrected chi connectivity index (χ0v) is 17.8. The van der Waals surface area contributed by atoms with E-state index >= 15 is 0 Å². The van der Waals surface area contributed by atoms with Gasteiger partial charge in [-0.1, -0.05) is 0 Å². The highest BCUT2D eigenvalue weighted by atomic mass is 127. The second-order valence-electron chi connectivity index (χ2n) is 6.22. The van der Waals surface area contributed by atoms with Gasteiger partial charge in [0.1, 0.15) is 0 Å². The van der Waals surface area contributed by atoms with Gasteiger partial charge in [-0.05, 0) is 34.7 Å². The minimum atomic E-state index is 0. The molecule has 1 heterocycles. The smallest absolute Gasteiger partial charge is 0.191 e. The van der Waals surface area contributed by atoms with Crippen molar-refractivity contribution in [2.24, 2.45) is 4.99 Å². The molecule has 7 heteroatoms. The fraction of sp³-hybridized carbons (Fsp3) is 0.938. The predicted octanol–water partition coefficient (Wildman–Crippen LogP) is 1.22. The lowest BCUT2D eigenvalue weighted by Gasteiger charge is -2.31. The third-order valence-electron chi connectivity index (χ3n) is 4.17. The third kappa shape index (κ3) is 9.69. The summed E-state index contributed by atoms with van der Waals surface area (Å²) in [7, 11) is 2.15. The average molecular weight is 441 g/mol. The van der Waals surface area contributed by atoms with Crippen LogP contribution in [0.5, 0.6) is 0 Å². The van der Waals surface area contributed by atoms with Crippen LogP contribution in [-0.4, -0.2) is 87.4 Å². The van der Waals surface area contributed by atoms with Gasteiger partial charge in [0.15, 0.2) is 5.96 Å². The van der Waals surface area contributed by atoms with E-state index in [4.69, 9.17) is 9.73 Å². The maximum absolute atomic E-state index is 5.40. The van der Waals surface area contributed by atoms with Gasteiger partial charge in [-0.2, -0.15) is 0 Å². The van der Waals surface area contributed by atoms with Crippen molar-refractivity contribution < 1.29 is 4.74 Å². The highest BCUT2D eigenvalue weighted by molar-refractivity contribution is 14.0. The SMILES string of the molecule is CCNC(=NCC(C)N1CCOCC1)NCCN(C)C(C)C.I. The van der Waals surface area contributed by atoms with Crippen molar-refractivity contribution in [1.29, 1.82) is 0 Å². The molecule has 1 atom stereocenters. The average Bonchev–Trinajstić information content (AvgIpc) is 2.52. The lowest BCUT2D eigenvalue weighted by atomic mass is 10.2. The number of aliphatic imine (C=N–C) groups is 1. The predicted molar refractivity (Wildman–Crippen MR) is 109 cm³/mol. The molecule has 1 unspecified atom stereocenters. The Morgan fingerprint density at radius 3 is 2.43 bits per heavy atom. The molecule has 0 amide bonds. The van der Waals surface area contributed by atoms with Crippen molar-refractivity contribution in [2.75, 3.05) is 59.5 Å². The molecule has 0 aromatic carbocycles. The first-order valence-electron chi connectivity index (χ1n) is 8.58. The topological polar surface area (TPSA) is 52.1 Å². The molecule has 0 aromatic heterocycles. The Hall–Kier alpha value is -0.120. The molecular formula is C16H36IN5O. The van der Waals surface area contributed by atoms with Gasteiger partial charge in [0.05, 0.1) is 19.8 Å². The van der Waals surface area contributed by atoms with Crippen molar-refractivity contribution >= 4 is 29.9 Å². The van der Waals surface area contributed by atoms with Crippen LogP contribution >= 0.6 is 24.0 Å². The van der Waals surface area contributed by atoms with Gasteiger partial charge in [-0.15, -0.1) is 24.0 Å². The van der Waals surface area contributed by atoms with Crippen molar-refractivity contribution in [1.82, 2.24) is 20.4 Å². The standard InChI is InChI=1S/C16H35N5O.HI/c1-6-17-16(18-7-8-20(5)14(2)3)19-13-15(4)21-9-11-22-12-10-21;/h14-15H,6-13H2,1-5H3,(H2,17,18,19);1H. The van der Waals surface area contributed by atoms with Crippen LogP contribution in [0.2, 0.25) is 0 Å². The van der Waals surface area contributed by atoms with E-state index in [0.717, 1.165) is 58.4 Å². The zero-order valence-electron chi connectivity index (χ0n) is 15.5. The van der Waals surface area contributed by atoms with Gasteiger partial charge in [0.25, 0.3) is 0 Å². The van der Waals surface area contributed by atoms with E-state index in [2.05, 4.69) is 55.2 Å². The number of morpholine rings is 1. The molecule has 1 saturated heterocycles. The molecule has 0 radical (unpaired) electrons. The molecule has 0 bridgehead atoms. The van der Waals surface area contributed by atoms with Gasteiger partial charge in [0, 0.05) is 44.8 Å². The fourth-order valence-corrected chi connectivity index (χ4v) is 2.31. The molecule has 23 heavy (non-hydrogen) atoms. The molecule has 6 nitrogen and oxygen atoms in total. The first-order valence-corrected chi connectivity index (χ1v) is 8.58. The molecule has 0 aromatic rings. The van der Waals surface area contributed by atoms with Crippen molar-refractivity contribution in [2.45, 2.75) is 39.8 Å². The van der Waals surface area contributed by atoms with Crippen molar-refractivity contribution in [3.8, 4) is 0 Å². The van der Waals surface area contributed by atoms with E-state index in [1.807, 2.05) is 0 Å². The van der Waals surface area contributed by atoms with E-state index in [1.165, 1.54) is 0 Å². The van der Waals surface area contributed by atoms with Crippen LogP contribution in [-0.2, 0) is 4.74 Å². The number of nitrogens with one attached hydrogen (secondary N) is 2. The van der Waals surface area contributed by atoms with Crippen molar-refractivity contribution in [3.63, 3.8) is 0 Å². The number of guanidine groups is 1. The van der Waals surface area contributed by atoms with E-state index in [9.17, 15) is 0 Å². The van der Waals surface area contributed by atoms with Gasteiger partial charge in [0.2, 0.25) is 0 Å². The van der Waals surface area contributed by atoms with Gasteiger partial charge < -0.3 is 20.3 Å². The van der Waals surface area contributed by atoms with Crippen LogP contribution in [0.25, 0.3) is 0 Å². The Kier molecular flexibility index (Phi) is 13.1. The molecule has 0 saturated carbocycles. The summed E-state index contributed by atoms with van der Waals surface area (Å²) in [6.45, 7) is 16.1. The second kappa shape index (κ2) is 13.2. The zero-order chi connectivity index (χ0) is 16.4. The number of hydrogen-bond acceptors (Lipinski definition) is 4. The van der Waals surface area contributed by atoms with Crippen LogP contribution < -0.4 is 10.6 Å². The van der Waals surface area contributed by atoms with E-state index in [0.29, 0.717) is 12.1 Å². The largest absolute Gasteiger partial charge is 0.379 e. The maximum Gasteiger partial charge on any atom is 0.191 e. The number of nitrogens with zero attached hydrogens (tertiary/aromatic N) is 3. The van der Waals surface area contributed by atoms with E-state index in [1.54, 1.807) is 0 Å². The van der Waals surface area contributed by atoms with Gasteiger partial charge in [-0.3, -0.25) is 9.89 Å². The van der Waals surface area contributed by atoms with E-state index < -0.39 is 0 Å². The first kappa shape index (κ1) is 22.9. The summed E-state index contributed by atoms with van der Waals surface area (Å²) in [4.78, 5) is 9.50. The number of rotatable bonds is 8. The van der Waals surface area contributed by atoms with Crippen LogP contribution in [0.3, 0.4) is 0 Å². The lowest BCUT2D eigenvalue weighted by molar-refractivity contribution is 0.0220. The number of halogens is 1. The summed E-state index contributed by atoms with van der Waals surface area (Å²) >= 11 is 0. The summed E-state index contributed by atoms with van der Waals surface area (Å²) in [5.41, 5.74) is 0. The van der Waals surface area contributed by atoms with Crippen LogP contribution in [0.4, 0.5) is 0 Å².